The van der Waals surface area contributed by atoms with E-state index < -0.39 is 0 Å². The van der Waals surface area contributed by atoms with Gasteiger partial charge in [-0.3, -0.25) is 0 Å². The highest BCUT2D eigenvalue weighted by molar-refractivity contribution is 5.95. The van der Waals surface area contributed by atoms with Crippen molar-refractivity contribution in [1.29, 1.82) is 0 Å². The molecule has 0 unspecified atom stereocenters. The number of para-hydroxylation sites is 1. The molecule has 0 radical (unpaired) electrons. The van der Waals surface area contributed by atoms with Crippen LogP contribution in [0.15, 0.2) is 115 Å². The van der Waals surface area contributed by atoms with Crippen LogP contribution in [0.3, 0.4) is 0 Å². The summed E-state index contributed by atoms with van der Waals surface area (Å²) in [6.07, 6.45) is 7.12. The molecule has 216 valence electrons. The summed E-state index contributed by atoms with van der Waals surface area (Å²) >= 11 is 0. The van der Waals surface area contributed by atoms with Crippen molar-refractivity contribution in [3.05, 3.63) is 138 Å². The molecule has 4 bridgehead atoms. The van der Waals surface area contributed by atoms with Gasteiger partial charge in [0.15, 0.2) is 0 Å². The highest BCUT2D eigenvalue weighted by Crippen LogP contribution is 2.69. The molecular weight excluding hydrogens is 530 g/mol. The van der Waals surface area contributed by atoms with Gasteiger partial charge in [0.25, 0.3) is 0 Å². The molecule has 5 aromatic rings. The first kappa shape index (κ1) is 25.2. The molecule has 5 aromatic carbocycles. The molecule has 0 atom stereocenters. The minimum Gasteiger partial charge on any atom is -0.310 e. The lowest BCUT2D eigenvalue weighted by atomic mass is 9.43. The third-order valence-electron chi connectivity index (χ3n) is 12.6. The van der Waals surface area contributed by atoms with Crippen LogP contribution in [0.5, 0.6) is 0 Å². The number of hydrogen-bond donors (Lipinski definition) is 0. The first-order valence-electron chi connectivity index (χ1n) is 16.9. The molecule has 6 aliphatic carbocycles. The van der Waals surface area contributed by atoms with Gasteiger partial charge in [-0.2, -0.15) is 0 Å². The molecule has 0 saturated heterocycles. The molecule has 0 heterocycles. The number of rotatable bonds is 3. The van der Waals surface area contributed by atoms with Gasteiger partial charge in [0.05, 0.1) is 5.69 Å². The van der Waals surface area contributed by atoms with E-state index in [0.717, 1.165) is 23.7 Å². The van der Waals surface area contributed by atoms with E-state index in [0.29, 0.717) is 0 Å². The zero-order valence-corrected chi connectivity index (χ0v) is 25.8. The van der Waals surface area contributed by atoms with Crippen LogP contribution in [0.2, 0.25) is 0 Å². The van der Waals surface area contributed by atoms with E-state index in [2.05, 4.69) is 134 Å². The van der Waals surface area contributed by atoms with E-state index in [1.54, 1.807) is 11.1 Å². The molecule has 0 aliphatic heterocycles. The van der Waals surface area contributed by atoms with Crippen LogP contribution in [0.1, 0.15) is 68.2 Å². The predicted octanol–water partition coefficient (Wildman–Crippen LogP) is 11.2. The minimum absolute atomic E-state index is 0.0334. The van der Waals surface area contributed by atoms with Crippen molar-refractivity contribution in [2.45, 2.75) is 56.8 Å². The fourth-order valence-electron chi connectivity index (χ4n) is 11.2. The van der Waals surface area contributed by atoms with E-state index in [1.807, 2.05) is 0 Å². The lowest BCUT2D eigenvalue weighted by molar-refractivity contribution is -0.0399. The van der Waals surface area contributed by atoms with Crippen LogP contribution < -0.4 is 4.90 Å². The molecule has 11 rings (SSSR count). The second kappa shape index (κ2) is 8.75. The van der Waals surface area contributed by atoms with E-state index in [4.69, 9.17) is 0 Å². The number of fused-ring (bicyclic) bond motifs is 6. The van der Waals surface area contributed by atoms with Crippen LogP contribution in [0.4, 0.5) is 17.1 Å². The lowest BCUT2D eigenvalue weighted by Crippen LogP contribution is -2.55. The fraction of sp³-hybridized carbons (Fsp3) is 0.302. The number of anilines is 3. The molecule has 6 aliphatic rings. The third-order valence-corrected chi connectivity index (χ3v) is 12.6. The zero-order chi connectivity index (χ0) is 29.2. The monoisotopic (exact) mass is 569 g/mol. The second-order valence-corrected chi connectivity index (χ2v) is 15.0. The molecule has 1 nitrogen and oxygen atoms in total. The maximum atomic E-state index is 2.63. The van der Waals surface area contributed by atoms with Crippen LogP contribution >= 0.6 is 0 Å². The normalized spacial score (nSPS) is 27.6. The fourth-order valence-corrected chi connectivity index (χ4v) is 11.2. The molecule has 1 heteroatoms. The summed E-state index contributed by atoms with van der Waals surface area (Å²) in [5, 5.41) is 0. The van der Waals surface area contributed by atoms with Gasteiger partial charge in [-0.1, -0.05) is 98.8 Å². The van der Waals surface area contributed by atoms with E-state index >= 15 is 0 Å². The van der Waals surface area contributed by atoms with Crippen molar-refractivity contribution < 1.29 is 0 Å². The molecule has 0 aromatic heterocycles. The molecule has 44 heavy (non-hydrogen) atoms. The smallest absolute Gasteiger partial charge is 0.0543 e. The molecule has 1 spiro atoms. The van der Waals surface area contributed by atoms with Crippen molar-refractivity contribution in [3.8, 4) is 22.3 Å². The van der Waals surface area contributed by atoms with Gasteiger partial charge in [-0.25, -0.2) is 0 Å². The Morgan fingerprint density at radius 2 is 1.11 bits per heavy atom. The zero-order valence-electron chi connectivity index (χ0n) is 25.8. The average molecular weight is 570 g/mol. The summed E-state index contributed by atoms with van der Waals surface area (Å²) in [4.78, 5) is 2.56. The topological polar surface area (TPSA) is 3.24 Å². The van der Waals surface area contributed by atoms with Crippen molar-refractivity contribution in [2.75, 3.05) is 4.90 Å². The standard InChI is InChI=1S/C43H39N/c1-42(2)36-15-8-7-14-35(36)41-38(42)17-10-18-40(41)44(31-11-4-3-5-12-31)32-19-20-34-33-13-6-9-16-37(33)43(39(34)26-32)29-22-27-21-28(24-29)25-30(43)23-27/h3-20,26-30H,21-25H2,1-2H3. The lowest BCUT2D eigenvalue weighted by Gasteiger charge is -2.61. The Bertz CT molecular complexity index is 1930. The van der Waals surface area contributed by atoms with Crippen molar-refractivity contribution >= 4 is 17.1 Å². The summed E-state index contributed by atoms with van der Waals surface area (Å²) in [6, 6.07) is 44.1. The largest absolute Gasteiger partial charge is 0.310 e. The Morgan fingerprint density at radius 3 is 1.86 bits per heavy atom. The van der Waals surface area contributed by atoms with E-state index in [-0.39, 0.29) is 10.8 Å². The van der Waals surface area contributed by atoms with Gasteiger partial charge in [0.1, 0.15) is 0 Å². The van der Waals surface area contributed by atoms with Gasteiger partial charge in [-0.05, 0) is 125 Å². The Labute approximate surface area is 261 Å². The summed E-state index contributed by atoms with van der Waals surface area (Å²) in [5.41, 5.74) is 15.7. The van der Waals surface area contributed by atoms with Gasteiger partial charge < -0.3 is 4.90 Å². The Kier molecular flexibility index (Phi) is 5.02. The highest BCUT2D eigenvalue weighted by Gasteiger charge is 2.61. The molecule has 4 fully saturated rings. The molecule has 0 N–H and O–H groups in total. The maximum absolute atomic E-state index is 2.63. The van der Waals surface area contributed by atoms with Gasteiger partial charge >= 0.3 is 0 Å². The van der Waals surface area contributed by atoms with Crippen LogP contribution in [-0.4, -0.2) is 0 Å². The quantitative estimate of drug-likeness (QED) is 0.209. The molecule has 4 saturated carbocycles. The Morgan fingerprint density at radius 1 is 0.500 bits per heavy atom. The summed E-state index contributed by atoms with van der Waals surface area (Å²) < 4.78 is 0. The van der Waals surface area contributed by atoms with Crippen LogP contribution in [0, 0.1) is 23.7 Å². The van der Waals surface area contributed by atoms with Crippen LogP contribution in [-0.2, 0) is 10.8 Å². The molecule has 0 amide bonds. The number of nitrogens with zero attached hydrogens (tertiary/aromatic N) is 1. The predicted molar refractivity (Wildman–Crippen MR) is 182 cm³/mol. The van der Waals surface area contributed by atoms with Crippen molar-refractivity contribution in [3.63, 3.8) is 0 Å². The highest BCUT2D eigenvalue weighted by atomic mass is 15.1. The summed E-state index contributed by atoms with van der Waals surface area (Å²) in [5.74, 6) is 3.41. The maximum Gasteiger partial charge on any atom is 0.0543 e. The van der Waals surface area contributed by atoms with Gasteiger partial charge in [0.2, 0.25) is 0 Å². The second-order valence-electron chi connectivity index (χ2n) is 15.0. The van der Waals surface area contributed by atoms with Gasteiger partial charge in [0, 0.05) is 27.8 Å². The number of benzene rings is 5. The first-order valence-corrected chi connectivity index (χ1v) is 16.9. The SMILES string of the molecule is CC1(C)c2ccccc2-c2c(N(c3ccccc3)c3ccc4c(c3)C3(c5ccccc5-4)C4CC5CC(C4)CC3C5)cccc21. The minimum atomic E-state index is -0.0334. The van der Waals surface area contributed by atoms with Crippen LogP contribution in [0.25, 0.3) is 22.3 Å². The summed E-state index contributed by atoms with van der Waals surface area (Å²) in [6.45, 7) is 4.77. The third kappa shape index (κ3) is 3.11. The van der Waals surface area contributed by atoms with Crippen molar-refractivity contribution in [2.24, 2.45) is 23.7 Å². The average Bonchev–Trinajstić information content (AvgIpc) is 3.47. The first-order chi connectivity index (χ1) is 21.5. The van der Waals surface area contributed by atoms with Crippen molar-refractivity contribution in [1.82, 2.24) is 0 Å². The van der Waals surface area contributed by atoms with E-state index in [1.165, 1.54) is 82.5 Å². The van der Waals surface area contributed by atoms with Gasteiger partial charge in [-0.15, -0.1) is 0 Å². The molecular formula is C43H39N. The Hall–Kier alpha value is -4.10. The summed E-state index contributed by atoms with van der Waals surface area (Å²) in [7, 11) is 0. The number of hydrogen-bond acceptors (Lipinski definition) is 1. The Balaban J connectivity index is 1.22. The van der Waals surface area contributed by atoms with E-state index in [9.17, 15) is 0 Å².